The van der Waals surface area contributed by atoms with Gasteiger partial charge < -0.3 is 14.8 Å². The fourth-order valence-corrected chi connectivity index (χ4v) is 2.08. The van der Waals surface area contributed by atoms with Crippen molar-refractivity contribution in [2.75, 3.05) is 31.5 Å². The Labute approximate surface area is 103 Å². The monoisotopic (exact) mass is 259 g/mol. The summed E-state index contributed by atoms with van der Waals surface area (Å²) >= 11 is 0. The van der Waals surface area contributed by atoms with Gasteiger partial charge in [-0.25, -0.2) is 0 Å². The smallest absolute Gasteiger partial charge is 0.229 e. The van der Waals surface area contributed by atoms with E-state index in [-0.39, 0.29) is 6.04 Å². The average molecular weight is 259 g/mol. The molecule has 0 saturated heterocycles. The first-order valence-electron chi connectivity index (χ1n) is 5.08. The van der Waals surface area contributed by atoms with E-state index in [0.29, 0.717) is 23.5 Å². The van der Waals surface area contributed by atoms with Crippen LogP contribution < -0.4 is 14.8 Å². The molecule has 1 N–H and O–H groups in total. The fourth-order valence-electron chi connectivity index (χ4n) is 1.29. The van der Waals surface area contributed by atoms with Gasteiger partial charge in [-0.05, 0) is 6.92 Å². The minimum atomic E-state index is -0.864. The Morgan fingerprint density at radius 3 is 2.29 bits per heavy atom. The maximum absolute atomic E-state index is 11.1. The first-order valence-corrected chi connectivity index (χ1v) is 6.81. The van der Waals surface area contributed by atoms with Gasteiger partial charge in [0.15, 0.2) is 0 Å². The van der Waals surface area contributed by atoms with Crippen LogP contribution in [-0.4, -0.2) is 46.4 Å². The van der Waals surface area contributed by atoms with Crippen LogP contribution in [-0.2, 0) is 10.8 Å². The summed E-state index contributed by atoms with van der Waals surface area (Å²) in [7, 11) is 2.18. The molecule has 1 rings (SSSR count). The van der Waals surface area contributed by atoms with E-state index in [9.17, 15) is 4.21 Å². The van der Waals surface area contributed by atoms with Gasteiger partial charge in [-0.1, -0.05) is 0 Å². The molecule has 2 unspecified atom stereocenters. The van der Waals surface area contributed by atoms with Gasteiger partial charge in [-0.3, -0.25) is 4.21 Å². The van der Waals surface area contributed by atoms with Crippen molar-refractivity contribution in [2.24, 2.45) is 0 Å². The van der Waals surface area contributed by atoms with Crippen LogP contribution in [0.4, 0.5) is 5.95 Å². The van der Waals surface area contributed by atoms with E-state index in [2.05, 4.69) is 15.3 Å². The molecule has 0 saturated carbocycles. The van der Waals surface area contributed by atoms with Gasteiger partial charge in [0.2, 0.25) is 17.7 Å². The molecule has 7 heteroatoms. The Bertz CT molecular complexity index is 378. The minimum Gasteiger partial charge on any atom is -0.481 e. The second kappa shape index (κ2) is 6.39. The molecule has 0 radical (unpaired) electrons. The summed E-state index contributed by atoms with van der Waals surface area (Å²) in [5.41, 5.74) is 0. The molecule has 96 valence electrons. The minimum absolute atomic E-state index is 0.0117. The molecule has 0 aliphatic heterocycles. The van der Waals surface area contributed by atoms with Crippen molar-refractivity contribution in [3.8, 4) is 11.8 Å². The molecule has 0 aliphatic carbocycles. The molecule has 17 heavy (non-hydrogen) atoms. The third-order valence-corrected chi connectivity index (χ3v) is 2.93. The number of nitrogens with zero attached hydrogens (tertiary/aromatic N) is 2. The molecule has 0 amide bonds. The highest BCUT2D eigenvalue weighted by molar-refractivity contribution is 7.84. The molecule has 0 spiro atoms. The van der Waals surface area contributed by atoms with Crippen molar-refractivity contribution in [3.05, 3.63) is 6.07 Å². The van der Waals surface area contributed by atoms with Crippen LogP contribution in [0.5, 0.6) is 11.8 Å². The summed E-state index contributed by atoms with van der Waals surface area (Å²) in [5, 5.41) is 3.05. The first-order chi connectivity index (χ1) is 8.05. The zero-order chi connectivity index (χ0) is 12.8. The zero-order valence-electron chi connectivity index (χ0n) is 10.4. The first kappa shape index (κ1) is 13.7. The highest BCUT2D eigenvalue weighted by Gasteiger charge is 2.09. The van der Waals surface area contributed by atoms with Crippen LogP contribution in [0, 0.1) is 0 Å². The molecular formula is C10H17N3O3S. The van der Waals surface area contributed by atoms with Gasteiger partial charge in [0.05, 0.1) is 20.3 Å². The maximum Gasteiger partial charge on any atom is 0.229 e. The van der Waals surface area contributed by atoms with Gasteiger partial charge in [0.1, 0.15) is 0 Å². The predicted molar refractivity (Wildman–Crippen MR) is 67.2 cm³/mol. The molecule has 1 aromatic rings. The molecule has 0 aliphatic rings. The highest BCUT2D eigenvalue weighted by atomic mass is 32.2. The van der Waals surface area contributed by atoms with E-state index < -0.39 is 10.8 Å². The van der Waals surface area contributed by atoms with Crippen LogP contribution in [0.25, 0.3) is 0 Å². The lowest BCUT2D eigenvalue weighted by Gasteiger charge is -2.13. The fraction of sp³-hybridized carbons (Fsp3) is 0.600. The van der Waals surface area contributed by atoms with Crippen molar-refractivity contribution >= 4 is 16.7 Å². The van der Waals surface area contributed by atoms with E-state index in [1.165, 1.54) is 14.2 Å². The quantitative estimate of drug-likeness (QED) is 0.809. The molecular weight excluding hydrogens is 242 g/mol. The summed E-state index contributed by atoms with van der Waals surface area (Å²) < 4.78 is 21.1. The van der Waals surface area contributed by atoms with Crippen molar-refractivity contribution < 1.29 is 13.7 Å². The van der Waals surface area contributed by atoms with Crippen LogP contribution in [0.1, 0.15) is 6.92 Å². The van der Waals surface area contributed by atoms with E-state index in [1.54, 1.807) is 12.3 Å². The van der Waals surface area contributed by atoms with Gasteiger partial charge in [0.25, 0.3) is 0 Å². The molecule has 0 bridgehead atoms. The summed E-state index contributed by atoms with van der Waals surface area (Å²) in [4.78, 5) is 8.25. The van der Waals surface area contributed by atoms with E-state index >= 15 is 0 Å². The summed E-state index contributed by atoms with van der Waals surface area (Å²) in [6.45, 7) is 1.91. The van der Waals surface area contributed by atoms with E-state index in [1.807, 2.05) is 6.92 Å². The normalized spacial score (nSPS) is 13.9. The number of rotatable bonds is 6. The molecule has 6 nitrogen and oxygen atoms in total. The topological polar surface area (TPSA) is 73.3 Å². The maximum atomic E-state index is 11.1. The summed E-state index contributed by atoms with van der Waals surface area (Å²) in [6, 6.07) is 1.60. The van der Waals surface area contributed by atoms with Crippen LogP contribution >= 0.6 is 0 Å². The van der Waals surface area contributed by atoms with Crippen molar-refractivity contribution in [3.63, 3.8) is 0 Å². The number of hydrogen-bond donors (Lipinski definition) is 1. The van der Waals surface area contributed by atoms with Gasteiger partial charge in [0, 0.05) is 28.9 Å². The number of nitrogens with one attached hydrogen (secondary N) is 1. The molecule has 1 aromatic heterocycles. The van der Waals surface area contributed by atoms with E-state index in [0.717, 1.165) is 0 Å². The summed E-state index contributed by atoms with van der Waals surface area (Å²) in [6.07, 6.45) is 1.66. The Balaban J connectivity index is 2.79. The second-order valence-corrected chi connectivity index (χ2v) is 5.04. The van der Waals surface area contributed by atoms with Crippen molar-refractivity contribution in [1.29, 1.82) is 0 Å². The van der Waals surface area contributed by atoms with Crippen LogP contribution in [0.15, 0.2) is 6.07 Å². The van der Waals surface area contributed by atoms with Crippen LogP contribution in [0.2, 0.25) is 0 Å². The SMILES string of the molecule is COc1cc(OC)nc(NC(C)CS(C)=O)n1. The lowest BCUT2D eigenvalue weighted by molar-refractivity contribution is 0.372. The lowest BCUT2D eigenvalue weighted by atomic mass is 10.4. The Kier molecular flexibility index (Phi) is 5.14. The second-order valence-electron chi connectivity index (χ2n) is 3.56. The highest BCUT2D eigenvalue weighted by Crippen LogP contribution is 2.17. The zero-order valence-corrected chi connectivity index (χ0v) is 11.2. The standard InChI is InChI=1S/C10H17N3O3S/c1-7(6-17(4)14)11-10-12-8(15-2)5-9(13-10)16-3/h5,7H,6H2,1-4H3,(H,11,12,13). The Morgan fingerprint density at radius 1 is 1.35 bits per heavy atom. The number of ether oxygens (including phenoxy) is 2. The third-order valence-electron chi connectivity index (χ3n) is 1.96. The third kappa shape index (κ3) is 4.56. The molecule has 0 aromatic carbocycles. The Hall–Kier alpha value is -1.37. The largest absolute Gasteiger partial charge is 0.481 e. The number of methoxy groups -OCH3 is 2. The number of anilines is 1. The van der Waals surface area contributed by atoms with Crippen molar-refractivity contribution in [1.82, 2.24) is 9.97 Å². The number of hydrogen-bond acceptors (Lipinski definition) is 6. The average Bonchev–Trinajstić information content (AvgIpc) is 2.27. The Morgan fingerprint density at radius 2 is 1.88 bits per heavy atom. The lowest BCUT2D eigenvalue weighted by Crippen LogP contribution is -2.23. The molecule has 1 heterocycles. The van der Waals surface area contributed by atoms with Gasteiger partial charge in [-0.2, -0.15) is 9.97 Å². The summed E-state index contributed by atoms with van der Waals surface area (Å²) in [5.74, 6) is 1.77. The molecule has 0 fully saturated rings. The predicted octanol–water partition coefficient (Wildman–Crippen LogP) is 0.673. The van der Waals surface area contributed by atoms with Gasteiger partial charge >= 0.3 is 0 Å². The van der Waals surface area contributed by atoms with Crippen molar-refractivity contribution in [2.45, 2.75) is 13.0 Å². The number of aromatic nitrogens is 2. The van der Waals surface area contributed by atoms with E-state index in [4.69, 9.17) is 9.47 Å². The van der Waals surface area contributed by atoms with Crippen LogP contribution in [0.3, 0.4) is 0 Å². The molecule has 2 atom stereocenters. The van der Waals surface area contributed by atoms with Gasteiger partial charge in [-0.15, -0.1) is 0 Å².